The zero-order valence-electron chi connectivity index (χ0n) is 25.2. The van der Waals surface area contributed by atoms with Gasteiger partial charge in [0.1, 0.15) is 6.07 Å². The Bertz CT molecular complexity index is 1450. The molecule has 8 atom stereocenters. The van der Waals surface area contributed by atoms with E-state index in [0.717, 1.165) is 44.1 Å². The van der Waals surface area contributed by atoms with Gasteiger partial charge in [-0.1, -0.05) is 46.3 Å². The fourth-order valence-corrected chi connectivity index (χ4v) is 11.4. The quantitative estimate of drug-likeness (QED) is 0.339. The molecule has 4 fully saturated rings. The van der Waals surface area contributed by atoms with Crippen LogP contribution in [0.15, 0.2) is 27.7 Å². The number of carbonyl (C=O) groups is 2. The Morgan fingerprint density at radius 2 is 1.71 bits per heavy atom. The van der Waals surface area contributed by atoms with Crippen LogP contribution in [0.2, 0.25) is 0 Å². The van der Waals surface area contributed by atoms with Gasteiger partial charge in [0.25, 0.3) is 0 Å². The SMILES string of the molecule is CC1(C)C(=O)C(C#N)=C[C@]2(C)C3=CC(=O)[C@@H]4[C@@H]5CC6(CC6)CC[C@]5(NCC/[SH](=O)=N/C#N)CC[C@@]4(C)[C@]3(C)CC[C@@H]12. The molecule has 0 radical (unpaired) electrons. The highest BCUT2D eigenvalue weighted by Gasteiger charge is 2.70. The number of nitrogens with one attached hydrogen (secondary N) is 1. The average molecular weight is 577 g/mol. The van der Waals surface area contributed by atoms with Crippen molar-refractivity contribution in [2.45, 2.75) is 97.9 Å². The number of rotatable bonds is 4. The fourth-order valence-electron chi connectivity index (χ4n) is 10.9. The molecule has 1 unspecified atom stereocenters. The van der Waals surface area contributed by atoms with Crippen LogP contribution < -0.4 is 5.32 Å². The van der Waals surface area contributed by atoms with Gasteiger partial charge in [0.05, 0.1) is 16.2 Å². The third-order valence-corrected chi connectivity index (χ3v) is 14.4. The molecule has 0 aromatic heterocycles. The lowest BCUT2D eigenvalue weighted by Crippen LogP contribution is -2.69. The molecule has 0 heterocycles. The molecule has 0 aromatic rings. The van der Waals surface area contributed by atoms with Crippen molar-refractivity contribution in [1.29, 1.82) is 10.5 Å². The monoisotopic (exact) mass is 576 g/mol. The maximum absolute atomic E-state index is 14.6. The highest BCUT2D eigenvalue weighted by Crippen LogP contribution is 2.74. The summed E-state index contributed by atoms with van der Waals surface area (Å²) in [6, 6.07) is 2.19. The molecule has 0 saturated heterocycles. The van der Waals surface area contributed by atoms with Crippen molar-refractivity contribution >= 4 is 22.2 Å². The van der Waals surface area contributed by atoms with Gasteiger partial charge in [-0.05, 0) is 91.9 Å². The van der Waals surface area contributed by atoms with E-state index in [-0.39, 0.29) is 51.3 Å². The lowest BCUT2D eigenvalue weighted by atomic mass is 9.35. The number of nitriles is 2. The molecule has 1 N–H and O–H groups in total. The topological polar surface area (TPSA) is 123 Å². The zero-order chi connectivity index (χ0) is 29.6. The molecule has 7 nitrogen and oxygen atoms in total. The molecular formula is C33H44N4O3S. The molecule has 0 bridgehead atoms. The molecule has 4 saturated carbocycles. The van der Waals surface area contributed by atoms with Crippen molar-refractivity contribution in [3.8, 4) is 12.3 Å². The highest BCUT2D eigenvalue weighted by atomic mass is 32.2. The number of ketones is 2. The minimum absolute atomic E-state index is 0.0430. The lowest BCUT2D eigenvalue weighted by molar-refractivity contribution is -0.159. The Morgan fingerprint density at radius 1 is 1.02 bits per heavy atom. The van der Waals surface area contributed by atoms with Gasteiger partial charge in [-0.15, -0.1) is 4.36 Å². The molecule has 6 rings (SSSR count). The summed E-state index contributed by atoms with van der Waals surface area (Å²) in [5.41, 5.74) is -0.0937. The molecular weight excluding hydrogens is 532 g/mol. The number of hydrogen-bond donors (Lipinski definition) is 2. The summed E-state index contributed by atoms with van der Waals surface area (Å²) in [4.78, 5) is 27.8. The molecule has 0 aliphatic heterocycles. The second-order valence-electron chi connectivity index (χ2n) is 15.5. The van der Waals surface area contributed by atoms with Crippen molar-refractivity contribution in [3.05, 3.63) is 23.3 Å². The Labute approximate surface area is 246 Å². The summed E-state index contributed by atoms with van der Waals surface area (Å²) in [5.74, 6) is 0.606. The summed E-state index contributed by atoms with van der Waals surface area (Å²) in [6.45, 7) is 11.4. The van der Waals surface area contributed by atoms with Crippen LogP contribution in [0.1, 0.15) is 92.4 Å². The van der Waals surface area contributed by atoms with Crippen molar-refractivity contribution < 1.29 is 13.8 Å². The maximum atomic E-state index is 14.6. The summed E-state index contributed by atoms with van der Waals surface area (Å²) < 4.78 is 15.7. The molecule has 1 spiro atoms. The predicted molar refractivity (Wildman–Crippen MR) is 158 cm³/mol. The first-order chi connectivity index (χ1) is 19.2. The largest absolute Gasteiger partial charge is 0.310 e. The van der Waals surface area contributed by atoms with Gasteiger partial charge < -0.3 is 5.32 Å². The van der Waals surface area contributed by atoms with E-state index in [1.54, 1.807) is 6.19 Å². The van der Waals surface area contributed by atoms with Crippen LogP contribution >= 0.6 is 0 Å². The van der Waals surface area contributed by atoms with E-state index in [4.69, 9.17) is 5.26 Å². The van der Waals surface area contributed by atoms with E-state index >= 15 is 0 Å². The van der Waals surface area contributed by atoms with E-state index < -0.39 is 21.4 Å². The van der Waals surface area contributed by atoms with E-state index in [2.05, 4.69) is 36.5 Å². The summed E-state index contributed by atoms with van der Waals surface area (Å²) in [6.07, 6.45) is 15.0. The van der Waals surface area contributed by atoms with Crippen LogP contribution in [0.25, 0.3) is 0 Å². The van der Waals surface area contributed by atoms with E-state index in [1.165, 1.54) is 19.3 Å². The Kier molecular flexibility index (Phi) is 6.40. The molecule has 6 aliphatic rings. The number of thiol groups is 1. The van der Waals surface area contributed by atoms with Crippen LogP contribution in [-0.4, -0.2) is 33.6 Å². The van der Waals surface area contributed by atoms with Gasteiger partial charge in [0, 0.05) is 34.6 Å². The molecule has 0 amide bonds. The number of fused-ring (bicyclic) bond motifs is 7. The van der Waals surface area contributed by atoms with Crippen LogP contribution in [0, 0.1) is 67.6 Å². The van der Waals surface area contributed by atoms with Crippen LogP contribution in [-0.2, 0) is 20.2 Å². The Hall–Kier alpha value is -2.29. The lowest BCUT2D eigenvalue weighted by Gasteiger charge is -2.69. The molecule has 6 aliphatic carbocycles. The number of Topliss-reactive ketones (excluding diaryl/α,β-unsaturated/α-hetero) is 1. The molecule has 220 valence electrons. The number of allylic oxidation sites excluding steroid dienone is 4. The predicted octanol–water partition coefficient (Wildman–Crippen LogP) is 5.45. The number of hydrogen-bond acceptors (Lipinski definition) is 7. The van der Waals surface area contributed by atoms with Crippen LogP contribution in [0.3, 0.4) is 0 Å². The third kappa shape index (κ3) is 3.85. The first-order valence-corrected chi connectivity index (χ1v) is 16.9. The number of carbonyl (C=O) groups excluding carboxylic acids is 2. The van der Waals surface area contributed by atoms with Crippen molar-refractivity contribution in [2.75, 3.05) is 12.3 Å². The smallest absolute Gasteiger partial charge is 0.214 e. The van der Waals surface area contributed by atoms with Crippen molar-refractivity contribution in [1.82, 2.24) is 5.32 Å². The summed E-state index contributed by atoms with van der Waals surface area (Å²) in [5, 5.41) is 22.5. The van der Waals surface area contributed by atoms with E-state index in [0.29, 0.717) is 17.7 Å². The summed E-state index contributed by atoms with van der Waals surface area (Å²) in [7, 11) is -1.90. The van der Waals surface area contributed by atoms with Crippen molar-refractivity contribution in [2.24, 2.45) is 49.2 Å². The van der Waals surface area contributed by atoms with Gasteiger partial charge in [-0.25, -0.2) is 0 Å². The number of nitrogens with zero attached hydrogens (tertiary/aromatic N) is 3. The van der Waals surface area contributed by atoms with Gasteiger partial charge in [0.2, 0.25) is 6.19 Å². The third-order valence-electron chi connectivity index (χ3n) is 13.5. The zero-order valence-corrected chi connectivity index (χ0v) is 26.1. The van der Waals surface area contributed by atoms with E-state index in [9.17, 15) is 19.1 Å². The van der Waals surface area contributed by atoms with Gasteiger partial charge >= 0.3 is 0 Å². The van der Waals surface area contributed by atoms with Gasteiger partial charge in [-0.2, -0.15) is 10.5 Å². The minimum atomic E-state index is -1.90. The molecule has 0 aromatic carbocycles. The molecule has 41 heavy (non-hydrogen) atoms. The van der Waals surface area contributed by atoms with Crippen molar-refractivity contribution in [3.63, 3.8) is 0 Å². The first kappa shape index (κ1) is 28.8. The Balaban J connectivity index is 1.43. The average Bonchev–Trinajstić information content (AvgIpc) is 3.67. The normalized spacial score (nSPS) is 44.2. The van der Waals surface area contributed by atoms with Gasteiger partial charge in [-0.3, -0.25) is 13.8 Å². The first-order valence-electron chi connectivity index (χ1n) is 15.5. The van der Waals surface area contributed by atoms with Gasteiger partial charge in [0.15, 0.2) is 11.6 Å². The highest BCUT2D eigenvalue weighted by molar-refractivity contribution is 7.75. The fraction of sp³-hybridized carbons (Fsp3) is 0.758. The second-order valence-corrected chi connectivity index (χ2v) is 16.8. The second kappa shape index (κ2) is 9.10. The van der Waals surface area contributed by atoms with Crippen LogP contribution in [0.5, 0.6) is 0 Å². The standard InChI is InChI=1S/C33H44N4O3S/c1-28(2)24-6-7-30(4)25(29(24,3)17-21(19-34)27(28)39)16-23(38)26-22-18-32(9-10-32)11-13-33(22,12-8-31(26,30)5)36-14-15-41(40)37-20-35/h16-17,22,24,26,36,41H,6-15,18H2,1-5H3/t22-,24-,26-,29-,30+,31+,33+/m0/s1. The Morgan fingerprint density at radius 3 is 2.37 bits per heavy atom. The maximum Gasteiger partial charge on any atom is 0.214 e. The molecule has 8 heteroatoms. The van der Waals surface area contributed by atoms with Crippen LogP contribution in [0.4, 0.5) is 0 Å². The minimum Gasteiger partial charge on any atom is -0.310 e. The van der Waals surface area contributed by atoms with E-state index in [1.807, 2.05) is 26.0 Å². The summed E-state index contributed by atoms with van der Waals surface area (Å²) >= 11 is 0.